The Kier molecular flexibility index (Phi) is 9.19. The van der Waals surface area contributed by atoms with Gasteiger partial charge >= 0.3 is 0 Å². The molecule has 1 N–H and O–H groups in total. The minimum Gasteiger partial charge on any atom is -0.489 e. The predicted molar refractivity (Wildman–Crippen MR) is 210 cm³/mol. The first-order valence-electron chi connectivity index (χ1n) is 17.6. The molecule has 4 aromatic carbocycles. The van der Waals surface area contributed by atoms with Crippen LogP contribution in [0.25, 0.3) is 39.6 Å². The highest BCUT2D eigenvalue weighted by molar-refractivity contribution is 6.32. The van der Waals surface area contributed by atoms with Gasteiger partial charge in [-0.05, 0) is 61.9 Å². The number of hydrogen-bond acceptors (Lipinski definition) is 7. The van der Waals surface area contributed by atoms with Crippen LogP contribution in [0.1, 0.15) is 30.8 Å². The Morgan fingerprint density at radius 1 is 0.870 bits per heavy atom. The summed E-state index contributed by atoms with van der Waals surface area (Å²) >= 11 is 0. The third-order valence-corrected chi connectivity index (χ3v) is 9.34. The number of anilines is 2. The van der Waals surface area contributed by atoms with Crippen molar-refractivity contribution in [3.05, 3.63) is 145 Å². The van der Waals surface area contributed by atoms with Crippen LogP contribution < -0.4 is 19.3 Å². The fourth-order valence-electron chi connectivity index (χ4n) is 6.80. The fourth-order valence-corrected chi connectivity index (χ4v) is 6.80. The number of aromatic nitrogens is 5. The van der Waals surface area contributed by atoms with Gasteiger partial charge in [-0.1, -0.05) is 72.8 Å². The number of methoxy groups -OCH3 is 1. The van der Waals surface area contributed by atoms with Gasteiger partial charge in [0.1, 0.15) is 18.9 Å². The summed E-state index contributed by atoms with van der Waals surface area (Å²) in [5, 5.41) is 10.3. The van der Waals surface area contributed by atoms with Gasteiger partial charge in [0.25, 0.3) is 5.91 Å². The highest BCUT2D eigenvalue weighted by atomic mass is 16.5. The molecule has 268 valence electrons. The Hall–Kier alpha value is -7.01. The smallest absolute Gasteiger partial charge is 0.262 e. The van der Waals surface area contributed by atoms with Crippen LogP contribution in [-0.2, 0) is 16.2 Å². The number of nitrogens with one attached hydrogen (secondary N) is 1. The summed E-state index contributed by atoms with van der Waals surface area (Å²) in [6, 6.07) is 36.3. The van der Waals surface area contributed by atoms with E-state index in [4.69, 9.17) is 9.47 Å². The van der Waals surface area contributed by atoms with Crippen LogP contribution in [0.2, 0.25) is 0 Å². The van der Waals surface area contributed by atoms with Gasteiger partial charge in [0.2, 0.25) is 11.8 Å². The molecule has 0 fully saturated rings. The number of benzene rings is 4. The zero-order valence-corrected chi connectivity index (χ0v) is 30.0. The summed E-state index contributed by atoms with van der Waals surface area (Å²) in [6.07, 6.45) is 5.29. The van der Waals surface area contributed by atoms with Crippen molar-refractivity contribution in [1.82, 2.24) is 24.7 Å². The topological polar surface area (TPSA) is 118 Å². The van der Waals surface area contributed by atoms with Crippen LogP contribution in [0.3, 0.4) is 0 Å². The number of carbonyl (C=O) groups excluding carboxylic acids is 2. The molecule has 2 amide bonds. The lowest BCUT2D eigenvalue weighted by Gasteiger charge is -2.30. The van der Waals surface area contributed by atoms with Crippen LogP contribution in [0.15, 0.2) is 128 Å². The van der Waals surface area contributed by atoms with Crippen molar-refractivity contribution in [2.75, 3.05) is 23.5 Å². The summed E-state index contributed by atoms with van der Waals surface area (Å²) in [6.45, 7) is 4.00. The summed E-state index contributed by atoms with van der Waals surface area (Å²) < 4.78 is 13.3. The lowest BCUT2D eigenvalue weighted by atomic mass is 10.1. The van der Waals surface area contributed by atoms with E-state index in [2.05, 4.69) is 20.2 Å². The molecule has 0 aliphatic carbocycles. The van der Waals surface area contributed by atoms with E-state index < -0.39 is 5.91 Å². The molecule has 8 rings (SSSR count). The number of hydrogen-bond donors (Lipinski definition) is 1. The minimum atomic E-state index is -0.393. The third-order valence-electron chi connectivity index (χ3n) is 9.34. The first kappa shape index (κ1) is 34.1. The highest BCUT2D eigenvalue weighted by Gasteiger charge is 2.36. The maximum atomic E-state index is 15.0. The monoisotopic (exact) mass is 715 g/mol. The Morgan fingerprint density at radius 2 is 1.63 bits per heavy atom. The molecule has 4 heterocycles. The van der Waals surface area contributed by atoms with Crippen molar-refractivity contribution in [2.24, 2.45) is 0 Å². The summed E-state index contributed by atoms with van der Waals surface area (Å²) in [4.78, 5) is 40.2. The van der Waals surface area contributed by atoms with Gasteiger partial charge in [0, 0.05) is 40.3 Å². The van der Waals surface area contributed by atoms with Crippen LogP contribution in [0.4, 0.5) is 11.4 Å². The van der Waals surface area contributed by atoms with Crippen LogP contribution in [0, 0.1) is 0 Å². The van der Waals surface area contributed by atoms with Crippen molar-refractivity contribution in [3.63, 3.8) is 0 Å². The molecule has 1 aliphatic rings. The van der Waals surface area contributed by atoms with Gasteiger partial charge < -0.3 is 19.4 Å². The van der Waals surface area contributed by atoms with E-state index >= 15 is 4.79 Å². The van der Waals surface area contributed by atoms with Crippen molar-refractivity contribution in [1.29, 1.82) is 0 Å². The molecule has 54 heavy (non-hydrogen) atoms. The molecule has 11 nitrogen and oxygen atoms in total. The number of carbonyl (C=O) groups is 2. The first-order chi connectivity index (χ1) is 26.4. The van der Waals surface area contributed by atoms with E-state index in [1.54, 1.807) is 30.3 Å². The van der Waals surface area contributed by atoms with E-state index in [-0.39, 0.29) is 24.1 Å². The number of ether oxygens (including phenoxy) is 2. The van der Waals surface area contributed by atoms with Crippen molar-refractivity contribution < 1.29 is 19.1 Å². The van der Waals surface area contributed by atoms with Crippen LogP contribution >= 0.6 is 0 Å². The number of aromatic amines is 1. The normalized spacial score (nSPS) is 13.1. The number of pyridine rings is 1. The number of amides is 2. The molecular formula is C43H37N7O4. The number of para-hydroxylation sites is 3. The van der Waals surface area contributed by atoms with Gasteiger partial charge in [-0.2, -0.15) is 0 Å². The second-order valence-electron chi connectivity index (χ2n) is 13.1. The zero-order chi connectivity index (χ0) is 37.2. The molecule has 0 spiro atoms. The number of rotatable bonds is 10. The second-order valence-corrected chi connectivity index (χ2v) is 13.1. The molecule has 0 atom stereocenters. The lowest BCUT2D eigenvalue weighted by Crippen LogP contribution is -2.46. The van der Waals surface area contributed by atoms with Gasteiger partial charge in [0.05, 0.1) is 35.9 Å². The minimum absolute atomic E-state index is 0.228. The maximum Gasteiger partial charge on any atom is 0.262 e. The van der Waals surface area contributed by atoms with Crippen molar-refractivity contribution in [2.45, 2.75) is 26.5 Å². The van der Waals surface area contributed by atoms with Crippen molar-refractivity contribution in [3.8, 4) is 28.7 Å². The Balaban J connectivity index is 1.25. The molecule has 0 bridgehead atoms. The lowest BCUT2D eigenvalue weighted by molar-refractivity contribution is -0.120. The first-order valence-corrected chi connectivity index (χ1v) is 17.6. The molecule has 0 radical (unpaired) electrons. The number of H-pyrrole nitrogens is 1. The van der Waals surface area contributed by atoms with E-state index in [1.807, 2.05) is 134 Å². The molecule has 0 saturated heterocycles. The Morgan fingerprint density at radius 3 is 2.41 bits per heavy atom. The highest BCUT2D eigenvalue weighted by Crippen LogP contribution is 2.39. The third kappa shape index (κ3) is 6.47. The molecule has 11 heteroatoms. The van der Waals surface area contributed by atoms with E-state index in [1.165, 1.54) is 4.90 Å². The average molecular weight is 716 g/mol. The predicted octanol–water partition coefficient (Wildman–Crippen LogP) is 7.73. The van der Waals surface area contributed by atoms with Gasteiger partial charge in [-0.15, -0.1) is 10.2 Å². The van der Waals surface area contributed by atoms with Crippen molar-refractivity contribution >= 4 is 45.7 Å². The largest absolute Gasteiger partial charge is 0.489 e. The molecule has 7 aromatic rings. The Labute approximate surface area is 312 Å². The standard InChI is InChI=1S/C43H37N7O4/c1-28(2)49(32-20-21-39(53-3)45-25-32)40(51)26-48-37-18-9-10-19-38(37)50-41(30-14-11-15-33(22-30)54-27-29-12-5-4-6-13-29)46-47-42(50)35(43(48)52)23-31-24-44-36-17-8-7-16-34(31)36/h4-25,28,44H,26-27H2,1-3H3/b35-23+. The maximum absolute atomic E-state index is 15.0. The Bertz CT molecular complexity index is 2500. The quantitative estimate of drug-likeness (QED) is 0.144. The van der Waals surface area contributed by atoms with E-state index in [0.717, 1.165) is 27.6 Å². The van der Waals surface area contributed by atoms with Gasteiger partial charge in [0.15, 0.2) is 11.6 Å². The molecule has 3 aromatic heterocycles. The number of nitrogens with zero attached hydrogens (tertiary/aromatic N) is 6. The van der Waals surface area contributed by atoms with Crippen LogP contribution in [-0.4, -0.2) is 56.2 Å². The second kappa shape index (κ2) is 14.5. The van der Waals surface area contributed by atoms with Gasteiger partial charge in [-0.3, -0.25) is 19.1 Å². The SMILES string of the molecule is COc1ccc(N(C(=O)CN2C(=O)/C(=C/c3c[nH]c4ccccc34)c3nnc(-c4cccc(OCc5ccccc5)c4)n3-c3ccccc32)C(C)C)cn1. The summed E-state index contributed by atoms with van der Waals surface area (Å²) in [5.41, 5.74) is 5.57. The van der Waals surface area contributed by atoms with E-state index in [9.17, 15) is 4.79 Å². The molecular weight excluding hydrogens is 679 g/mol. The fraction of sp³-hybridized carbons (Fsp3) is 0.140. The zero-order valence-electron chi connectivity index (χ0n) is 30.0. The van der Waals surface area contributed by atoms with Crippen LogP contribution in [0.5, 0.6) is 11.6 Å². The molecule has 0 unspecified atom stereocenters. The average Bonchev–Trinajstić information content (AvgIpc) is 3.81. The van der Waals surface area contributed by atoms with E-state index in [0.29, 0.717) is 46.9 Å². The molecule has 0 saturated carbocycles. The summed E-state index contributed by atoms with van der Waals surface area (Å²) in [7, 11) is 1.54. The summed E-state index contributed by atoms with van der Waals surface area (Å²) in [5.74, 6) is 1.28. The van der Waals surface area contributed by atoms with Gasteiger partial charge in [-0.25, -0.2) is 4.98 Å². The molecule has 1 aliphatic heterocycles. The number of fused-ring (bicyclic) bond motifs is 4.